The highest BCUT2D eigenvalue weighted by Gasteiger charge is 2.62. The summed E-state index contributed by atoms with van der Waals surface area (Å²) < 4.78 is 28.8. The van der Waals surface area contributed by atoms with Crippen LogP contribution < -0.4 is 4.31 Å². The first kappa shape index (κ1) is 58.9. The first-order chi connectivity index (χ1) is 30.6. The number of rotatable bonds is 42. The standard InChI is InChI=1S/C51H88N2O10S/c1-5-7-9-11-19-25-31-39-50(58,40-32-26-20-12-10-8-6-2)49(4,52(64(62)63)45-38-37-44(3)43-46(45)53(60)61)51(59,41-33-27-21-15-13-17-23-29-35-47(54)55)42-34-28-22-16-14-18-24-30-36-48(56)57/h25-26,31-32,37-38,43,58-59H,5-24,27-30,33-36,39-42H2,1-4H3,(H,54,55)(H,56,57)(H,62,63)/p-1/b31-25-,32-26-. The quantitative estimate of drug-likeness (QED) is 0.0161. The van der Waals surface area contributed by atoms with Gasteiger partial charge in [0.15, 0.2) is 0 Å². The van der Waals surface area contributed by atoms with Gasteiger partial charge in [-0.25, -0.2) is 0 Å². The second-order valence-electron chi connectivity index (χ2n) is 18.4. The van der Waals surface area contributed by atoms with Crippen LogP contribution in [0, 0.1) is 17.0 Å². The van der Waals surface area contributed by atoms with E-state index in [9.17, 15) is 38.7 Å². The van der Waals surface area contributed by atoms with Crippen LogP contribution in [0.2, 0.25) is 0 Å². The van der Waals surface area contributed by atoms with E-state index < -0.39 is 50.6 Å². The van der Waals surface area contributed by atoms with Crippen LogP contribution in [0.3, 0.4) is 0 Å². The number of nitro groups is 1. The summed E-state index contributed by atoms with van der Waals surface area (Å²) in [6.45, 7) is 7.61. The number of aryl methyl sites for hydroxylation is 1. The van der Waals surface area contributed by atoms with Gasteiger partial charge in [-0.3, -0.25) is 28.2 Å². The van der Waals surface area contributed by atoms with Gasteiger partial charge < -0.3 is 25.0 Å². The van der Waals surface area contributed by atoms with E-state index in [0.29, 0.717) is 31.2 Å². The second-order valence-corrected chi connectivity index (χ2v) is 19.2. The van der Waals surface area contributed by atoms with Gasteiger partial charge in [-0.2, -0.15) is 0 Å². The van der Waals surface area contributed by atoms with Crippen LogP contribution in [0.1, 0.15) is 232 Å². The maximum absolute atomic E-state index is 14.0. The first-order valence-electron chi connectivity index (χ1n) is 24.9. The monoisotopic (exact) mass is 920 g/mol. The van der Waals surface area contributed by atoms with Gasteiger partial charge in [0.2, 0.25) is 0 Å². The lowest BCUT2D eigenvalue weighted by atomic mass is 9.62. The average molecular weight is 920 g/mol. The Bertz CT molecular complexity index is 1480. The maximum atomic E-state index is 14.0. The Labute approximate surface area is 389 Å². The zero-order chi connectivity index (χ0) is 47.7. The zero-order valence-electron chi connectivity index (χ0n) is 40.2. The summed E-state index contributed by atoms with van der Waals surface area (Å²) in [5.41, 5.74) is -5.80. The van der Waals surface area contributed by atoms with Gasteiger partial charge >= 0.3 is 11.9 Å². The molecule has 1 rings (SSSR count). The fourth-order valence-corrected chi connectivity index (χ4v) is 9.96. The molecule has 1 aromatic carbocycles. The van der Waals surface area contributed by atoms with Crippen molar-refractivity contribution in [1.82, 2.24) is 0 Å². The van der Waals surface area contributed by atoms with Crippen molar-refractivity contribution in [3.63, 3.8) is 0 Å². The number of aliphatic carboxylic acids is 2. The molecule has 0 amide bonds. The molecular formula is C51H87N2O10S-. The summed E-state index contributed by atoms with van der Waals surface area (Å²) in [4.78, 5) is 33.9. The highest BCUT2D eigenvalue weighted by atomic mass is 32.2. The number of allylic oxidation sites excluding steroid dienone is 2. The van der Waals surface area contributed by atoms with Crippen molar-refractivity contribution in [1.29, 1.82) is 0 Å². The third-order valence-corrected chi connectivity index (χ3v) is 13.9. The lowest BCUT2D eigenvalue weighted by molar-refractivity contribution is -0.384. The summed E-state index contributed by atoms with van der Waals surface area (Å²) in [5.74, 6) is -1.57. The molecule has 0 radical (unpaired) electrons. The molecule has 2 atom stereocenters. The Hall–Kier alpha value is -3.13. The van der Waals surface area contributed by atoms with Gasteiger partial charge in [0.05, 0.1) is 16.1 Å². The molecule has 0 aliphatic heterocycles. The van der Waals surface area contributed by atoms with E-state index in [2.05, 4.69) is 13.8 Å². The van der Waals surface area contributed by atoms with Crippen molar-refractivity contribution in [2.24, 2.45) is 0 Å². The molecule has 64 heavy (non-hydrogen) atoms. The minimum Gasteiger partial charge on any atom is -0.755 e. The Morgan fingerprint density at radius 3 is 1.41 bits per heavy atom. The molecule has 2 unspecified atom stereocenters. The predicted octanol–water partition coefficient (Wildman–Crippen LogP) is 13.5. The number of nitro benzene ring substituents is 1. The molecule has 368 valence electrons. The molecule has 13 heteroatoms. The summed E-state index contributed by atoms with van der Waals surface area (Å²) >= 11 is -3.17. The summed E-state index contributed by atoms with van der Waals surface area (Å²) in [6.07, 6.45) is 31.5. The van der Waals surface area contributed by atoms with Gasteiger partial charge in [0, 0.05) is 30.2 Å². The SMILES string of the molecule is CCCCCC/C=C\CC(O)(C/C=C\CCCCCC)C(C)(N(c1ccc(C)cc1[N+](=O)[O-])S(=O)[O-])C(O)(CCCCCCCCCCC(=O)O)CCCCCCCCCCC(=O)O. The Balaban J connectivity index is 3.82. The highest BCUT2D eigenvalue weighted by Crippen LogP contribution is 2.51. The van der Waals surface area contributed by atoms with Gasteiger partial charge in [0.25, 0.3) is 5.69 Å². The number of carbonyl (C=O) groups is 2. The number of unbranched alkanes of at least 4 members (excludes halogenated alkanes) is 22. The van der Waals surface area contributed by atoms with E-state index in [1.165, 1.54) is 12.1 Å². The molecule has 12 nitrogen and oxygen atoms in total. The zero-order valence-corrected chi connectivity index (χ0v) is 41.0. The normalized spacial score (nSPS) is 13.7. The van der Waals surface area contributed by atoms with Crippen LogP contribution in [0.25, 0.3) is 0 Å². The van der Waals surface area contributed by atoms with Crippen LogP contribution in [0.4, 0.5) is 11.4 Å². The van der Waals surface area contributed by atoms with Crippen molar-refractivity contribution in [3.05, 3.63) is 58.2 Å². The minimum atomic E-state index is -3.17. The third-order valence-electron chi connectivity index (χ3n) is 13.1. The lowest BCUT2D eigenvalue weighted by Gasteiger charge is -2.59. The van der Waals surface area contributed by atoms with E-state index in [4.69, 9.17) is 10.2 Å². The molecule has 0 saturated heterocycles. The van der Waals surface area contributed by atoms with Crippen molar-refractivity contribution in [2.45, 2.75) is 250 Å². The molecule has 1 aromatic rings. The molecule has 0 aliphatic carbocycles. The number of carboxylic acid groups (broad SMARTS) is 2. The van der Waals surface area contributed by atoms with Crippen molar-refractivity contribution in [3.8, 4) is 0 Å². The molecule has 0 spiro atoms. The summed E-state index contributed by atoms with van der Waals surface area (Å²) in [6, 6.07) is 4.38. The highest BCUT2D eigenvalue weighted by molar-refractivity contribution is 7.80. The van der Waals surface area contributed by atoms with E-state index >= 15 is 0 Å². The van der Waals surface area contributed by atoms with Crippen LogP contribution in [0.5, 0.6) is 0 Å². The van der Waals surface area contributed by atoms with Crippen LogP contribution in [-0.2, 0) is 20.9 Å². The van der Waals surface area contributed by atoms with E-state index in [1.807, 2.05) is 24.3 Å². The number of benzene rings is 1. The fraction of sp³-hybridized carbons (Fsp3) is 0.765. The van der Waals surface area contributed by atoms with Crippen LogP contribution >= 0.6 is 0 Å². The Morgan fingerprint density at radius 2 is 1.03 bits per heavy atom. The fourth-order valence-electron chi connectivity index (χ4n) is 9.00. The number of hydrogen-bond donors (Lipinski definition) is 4. The molecular weight excluding hydrogens is 833 g/mol. The topological polar surface area (TPSA) is 202 Å². The van der Waals surface area contributed by atoms with E-state index in [1.54, 1.807) is 19.9 Å². The largest absolute Gasteiger partial charge is 0.755 e. The summed E-state index contributed by atoms with van der Waals surface area (Å²) in [7, 11) is 0. The molecule has 0 fully saturated rings. The van der Waals surface area contributed by atoms with Crippen LogP contribution in [-0.4, -0.2) is 62.8 Å². The maximum Gasteiger partial charge on any atom is 0.303 e. The number of anilines is 1. The van der Waals surface area contributed by atoms with Gasteiger partial charge in [-0.1, -0.05) is 173 Å². The van der Waals surface area contributed by atoms with Gasteiger partial charge in [-0.15, -0.1) is 0 Å². The van der Waals surface area contributed by atoms with Crippen LogP contribution in [0.15, 0.2) is 42.5 Å². The molecule has 0 aromatic heterocycles. The van der Waals surface area contributed by atoms with E-state index in [0.717, 1.165) is 146 Å². The average Bonchev–Trinajstić information content (AvgIpc) is 3.24. The van der Waals surface area contributed by atoms with Gasteiger partial charge in [-0.05, 0) is 89.7 Å². The number of nitrogens with zero attached hydrogens (tertiary/aromatic N) is 2. The van der Waals surface area contributed by atoms with E-state index in [-0.39, 0.29) is 44.2 Å². The molecule has 0 heterocycles. The molecule has 0 bridgehead atoms. The summed E-state index contributed by atoms with van der Waals surface area (Å²) in [5, 5.41) is 57.6. The van der Waals surface area contributed by atoms with Gasteiger partial charge in [0.1, 0.15) is 11.2 Å². The Kier molecular flexibility index (Phi) is 31.5. The number of aliphatic hydroxyl groups is 2. The third kappa shape index (κ3) is 22.4. The van der Waals surface area contributed by atoms with Crippen molar-refractivity contribution >= 4 is 34.6 Å². The molecule has 0 aliphatic rings. The first-order valence-corrected chi connectivity index (χ1v) is 26.0. The smallest absolute Gasteiger partial charge is 0.303 e. The molecule has 4 N–H and O–H groups in total. The number of hydrogen-bond acceptors (Lipinski definition) is 8. The minimum absolute atomic E-state index is 0.0108. The molecule has 0 saturated carbocycles. The van der Waals surface area contributed by atoms with Crippen molar-refractivity contribution < 1.29 is 43.7 Å². The number of carboxylic acids is 2. The lowest BCUT2D eigenvalue weighted by Crippen LogP contribution is -2.74. The predicted molar refractivity (Wildman–Crippen MR) is 260 cm³/mol. The Morgan fingerprint density at radius 1 is 0.641 bits per heavy atom. The second kappa shape index (κ2) is 34.2. The van der Waals surface area contributed by atoms with Crippen molar-refractivity contribution in [2.75, 3.05) is 4.31 Å².